The maximum Gasteiger partial charge on any atom is 0.159 e. The van der Waals surface area contributed by atoms with E-state index in [1.54, 1.807) is 17.4 Å². The van der Waals surface area contributed by atoms with Crippen LogP contribution in [0, 0.1) is 12.8 Å². The molecule has 0 radical (unpaired) electrons. The molecular weight excluding hydrogens is 526 g/mol. The first-order valence-electron chi connectivity index (χ1n) is 13.8. The molecule has 0 spiro atoms. The molecule has 8 heteroatoms. The highest BCUT2D eigenvalue weighted by Crippen LogP contribution is 2.36. The number of thiophene rings is 1. The number of H-pyrrole nitrogens is 2. The normalized spacial score (nSPS) is 14.0. The summed E-state index contributed by atoms with van der Waals surface area (Å²) in [5.41, 5.74) is 9.16. The summed E-state index contributed by atoms with van der Waals surface area (Å²) in [6.45, 7) is 16.4. The minimum atomic E-state index is 0.526. The molecular formula is C33H33N7S. The third-order valence-electron chi connectivity index (χ3n) is 7.57. The number of hydrogen-bond donors (Lipinski definition) is 3. The van der Waals surface area contributed by atoms with E-state index in [9.17, 15) is 0 Å². The summed E-state index contributed by atoms with van der Waals surface area (Å²) in [6.07, 6.45) is 14.2. The predicted molar refractivity (Wildman–Crippen MR) is 170 cm³/mol. The number of hydrogen-bond acceptors (Lipinski definition) is 6. The minimum absolute atomic E-state index is 0.526. The van der Waals surface area contributed by atoms with Crippen molar-refractivity contribution in [2.75, 3.05) is 5.32 Å². The molecule has 0 saturated heterocycles. The Labute approximate surface area is 243 Å². The Morgan fingerprint density at radius 2 is 1.90 bits per heavy atom. The molecule has 0 unspecified atom stereocenters. The third kappa shape index (κ3) is 5.30. The number of fused-ring (bicyclic) bond motifs is 1. The number of nitrogens with zero attached hydrogens (tertiary/aromatic N) is 4. The van der Waals surface area contributed by atoms with Gasteiger partial charge in [-0.2, -0.15) is 5.10 Å². The van der Waals surface area contributed by atoms with Crippen LogP contribution in [-0.2, 0) is 0 Å². The minimum Gasteiger partial charge on any atom is -0.358 e. The van der Waals surface area contributed by atoms with E-state index in [1.165, 1.54) is 25.7 Å². The van der Waals surface area contributed by atoms with E-state index in [0.29, 0.717) is 11.7 Å². The highest BCUT2D eigenvalue weighted by molar-refractivity contribution is 7.14. The van der Waals surface area contributed by atoms with Crippen LogP contribution in [0.15, 0.2) is 80.4 Å². The van der Waals surface area contributed by atoms with Crippen LogP contribution >= 0.6 is 11.3 Å². The second kappa shape index (κ2) is 11.1. The van der Waals surface area contributed by atoms with Crippen LogP contribution in [0.2, 0.25) is 0 Å². The average Bonchev–Trinajstić information content (AvgIpc) is 3.78. The van der Waals surface area contributed by atoms with Gasteiger partial charge in [-0.05, 0) is 62.4 Å². The van der Waals surface area contributed by atoms with E-state index >= 15 is 0 Å². The van der Waals surface area contributed by atoms with Gasteiger partial charge in [0.25, 0.3) is 0 Å². The van der Waals surface area contributed by atoms with E-state index in [4.69, 9.17) is 9.97 Å². The van der Waals surface area contributed by atoms with Crippen molar-refractivity contribution in [1.29, 1.82) is 0 Å². The SMILES string of the molecule is C=C/C=C(/c1ccc(C(=C)C)s1)c1nc(-c2n[nH]c3cnc(-c4cncc(NC(=C)C5CCCC5)c4)cc23)[nH]c1C. The number of allylic oxidation sites excluding steroid dienone is 4. The van der Waals surface area contributed by atoms with Crippen molar-refractivity contribution in [3.8, 4) is 22.8 Å². The second-order valence-corrected chi connectivity index (χ2v) is 11.7. The number of rotatable bonds is 9. The average molecular weight is 560 g/mol. The van der Waals surface area contributed by atoms with Gasteiger partial charge in [-0.3, -0.25) is 15.1 Å². The molecule has 206 valence electrons. The number of nitrogens with one attached hydrogen (secondary N) is 3. The quantitative estimate of drug-likeness (QED) is 0.157. The van der Waals surface area contributed by atoms with Crippen molar-refractivity contribution in [3.63, 3.8) is 0 Å². The van der Waals surface area contributed by atoms with Gasteiger partial charge in [-0.1, -0.05) is 44.7 Å². The number of pyridine rings is 2. The summed E-state index contributed by atoms with van der Waals surface area (Å²) in [5, 5.41) is 12.1. The van der Waals surface area contributed by atoms with E-state index in [-0.39, 0.29) is 0 Å². The molecule has 7 nitrogen and oxygen atoms in total. The summed E-state index contributed by atoms with van der Waals surface area (Å²) in [7, 11) is 0. The number of anilines is 1. The maximum atomic E-state index is 5.02. The molecule has 0 amide bonds. The Bertz CT molecular complexity index is 1810. The Balaban J connectivity index is 1.33. The number of aromatic amines is 2. The van der Waals surface area contributed by atoms with Crippen LogP contribution < -0.4 is 5.32 Å². The van der Waals surface area contributed by atoms with Gasteiger partial charge >= 0.3 is 0 Å². The van der Waals surface area contributed by atoms with Crippen LogP contribution in [-0.4, -0.2) is 30.1 Å². The molecule has 3 N–H and O–H groups in total. The molecule has 1 aliphatic rings. The van der Waals surface area contributed by atoms with Gasteiger partial charge in [-0.25, -0.2) is 4.98 Å². The second-order valence-electron chi connectivity index (χ2n) is 10.6. The standard InChI is InChI=1S/C33H33N7S/c1-6-9-25(30-13-12-29(41-30)19(2)3)31-21(5)37-33(38-31)32-26-15-27(35-18-28(26)39-40-32)23-14-24(17-34-16-23)36-20(4)22-10-7-8-11-22/h6,9,12-18,22,36H,1-2,4,7-8,10-11H2,3,5H3,(H,37,38)(H,39,40)/b25-9-. The lowest BCUT2D eigenvalue weighted by atomic mass is 10.0. The van der Waals surface area contributed by atoms with Crippen molar-refractivity contribution in [2.24, 2.45) is 5.92 Å². The highest BCUT2D eigenvalue weighted by Gasteiger charge is 2.20. The molecule has 1 saturated carbocycles. The van der Waals surface area contributed by atoms with E-state index in [1.807, 2.05) is 44.6 Å². The summed E-state index contributed by atoms with van der Waals surface area (Å²) >= 11 is 1.70. The maximum absolute atomic E-state index is 5.02. The van der Waals surface area contributed by atoms with Gasteiger partial charge < -0.3 is 10.3 Å². The zero-order valence-electron chi connectivity index (χ0n) is 23.4. The van der Waals surface area contributed by atoms with Crippen LogP contribution in [0.25, 0.3) is 44.8 Å². The van der Waals surface area contributed by atoms with E-state index in [2.05, 4.69) is 63.4 Å². The Hall–Kier alpha value is -4.56. The molecule has 0 atom stereocenters. The molecule has 1 aliphatic carbocycles. The van der Waals surface area contributed by atoms with Crippen molar-refractivity contribution >= 4 is 39.1 Å². The Kier molecular flexibility index (Phi) is 7.24. The summed E-state index contributed by atoms with van der Waals surface area (Å²) in [6, 6.07) is 8.32. The molecule has 1 fully saturated rings. The molecule has 6 rings (SSSR count). The van der Waals surface area contributed by atoms with E-state index in [0.717, 1.165) is 71.5 Å². The lowest BCUT2D eigenvalue weighted by Gasteiger charge is -2.15. The summed E-state index contributed by atoms with van der Waals surface area (Å²) in [4.78, 5) is 19.9. The van der Waals surface area contributed by atoms with Crippen molar-refractivity contribution in [3.05, 3.63) is 102 Å². The van der Waals surface area contributed by atoms with Crippen LogP contribution in [0.3, 0.4) is 0 Å². The van der Waals surface area contributed by atoms with Gasteiger partial charge in [0.1, 0.15) is 5.69 Å². The first-order valence-corrected chi connectivity index (χ1v) is 14.6. The Morgan fingerprint density at radius 3 is 2.66 bits per heavy atom. The molecule has 5 heterocycles. The molecule has 5 aromatic heterocycles. The molecule has 41 heavy (non-hydrogen) atoms. The molecule has 5 aromatic rings. The smallest absolute Gasteiger partial charge is 0.159 e. The van der Waals surface area contributed by atoms with Gasteiger partial charge in [0, 0.05) is 43.9 Å². The topological polar surface area (TPSA) is 95.2 Å². The number of aromatic nitrogens is 6. The van der Waals surface area contributed by atoms with Crippen LogP contribution in [0.1, 0.15) is 53.7 Å². The molecule has 0 bridgehead atoms. The zero-order valence-corrected chi connectivity index (χ0v) is 24.2. The Morgan fingerprint density at radius 1 is 1.10 bits per heavy atom. The van der Waals surface area contributed by atoms with Crippen molar-refractivity contribution < 1.29 is 0 Å². The monoisotopic (exact) mass is 559 g/mol. The zero-order chi connectivity index (χ0) is 28.5. The van der Waals surface area contributed by atoms with Crippen LogP contribution in [0.4, 0.5) is 5.69 Å². The van der Waals surface area contributed by atoms with Crippen molar-refractivity contribution in [2.45, 2.75) is 39.5 Å². The summed E-state index contributed by atoms with van der Waals surface area (Å²) in [5.74, 6) is 1.21. The molecule has 0 aromatic carbocycles. The van der Waals surface area contributed by atoms with Gasteiger partial charge in [0.15, 0.2) is 5.82 Å². The number of imidazole rings is 1. The summed E-state index contributed by atoms with van der Waals surface area (Å²) < 4.78 is 0. The highest BCUT2D eigenvalue weighted by atomic mass is 32.1. The van der Waals surface area contributed by atoms with Gasteiger partial charge in [0.2, 0.25) is 0 Å². The molecule has 0 aliphatic heterocycles. The third-order valence-corrected chi connectivity index (χ3v) is 8.86. The first kappa shape index (κ1) is 26.7. The van der Waals surface area contributed by atoms with Gasteiger partial charge in [0.05, 0.1) is 35.0 Å². The van der Waals surface area contributed by atoms with Crippen molar-refractivity contribution in [1.82, 2.24) is 30.1 Å². The van der Waals surface area contributed by atoms with Gasteiger partial charge in [-0.15, -0.1) is 11.3 Å². The lowest BCUT2D eigenvalue weighted by Crippen LogP contribution is -2.07. The number of aryl methyl sites for hydroxylation is 1. The first-order chi connectivity index (χ1) is 19.9. The predicted octanol–water partition coefficient (Wildman–Crippen LogP) is 8.55. The fourth-order valence-electron chi connectivity index (χ4n) is 5.41. The van der Waals surface area contributed by atoms with Crippen LogP contribution in [0.5, 0.6) is 0 Å². The fourth-order valence-corrected chi connectivity index (χ4v) is 6.37. The fraction of sp³-hybridized carbons (Fsp3) is 0.212. The largest absolute Gasteiger partial charge is 0.358 e. The lowest BCUT2D eigenvalue weighted by molar-refractivity contribution is 0.649. The van der Waals surface area contributed by atoms with E-state index < -0.39 is 0 Å².